The van der Waals surface area contributed by atoms with E-state index in [9.17, 15) is 8.42 Å². The van der Waals surface area contributed by atoms with Crippen molar-refractivity contribution in [2.45, 2.75) is 38.1 Å². The van der Waals surface area contributed by atoms with Crippen LogP contribution in [0.3, 0.4) is 0 Å². The summed E-state index contributed by atoms with van der Waals surface area (Å²) in [6.45, 7) is 2.07. The molecule has 0 bridgehead atoms. The van der Waals surface area contributed by atoms with E-state index >= 15 is 0 Å². The van der Waals surface area contributed by atoms with Crippen molar-refractivity contribution in [3.05, 3.63) is 0 Å². The van der Waals surface area contributed by atoms with E-state index in [1.807, 2.05) is 0 Å². The molecule has 1 aliphatic carbocycles. The van der Waals surface area contributed by atoms with Crippen LogP contribution >= 0.6 is 0 Å². The van der Waals surface area contributed by atoms with E-state index in [1.165, 1.54) is 12.8 Å². The monoisotopic (exact) mass is 232 g/mol. The summed E-state index contributed by atoms with van der Waals surface area (Å²) >= 11 is 0. The van der Waals surface area contributed by atoms with Crippen LogP contribution in [-0.2, 0) is 10.0 Å². The van der Waals surface area contributed by atoms with E-state index < -0.39 is 10.0 Å². The molecule has 1 heterocycles. The zero-order chi connectivity index (χ0) is 10.7. The van der Waals surface area contributed by atoms with Crippen LogP contribution in [0, 0.1) is 5.92 Å². The SMILES string of the molecule is O=S(=O)(CCC1CCCNC1)NC1CC1. The largest absolute Gasteiger partial charge is 0.316 e. The van der Waals surface area contributed by atoms with Crippen molar-refractivity contribution in [2.75, 3.05) is 18.8 Å². The molecule has 1 aliphatic heterocycles. The fraction of sp³-hybridized carbons (Fsp3) is 1.00. The predicted octanol–water partition coefficient (Wildman–Crippen LogP) is 0.458. The fourth-order valence-corrected chi connectivity index (χ4v) is 3.51. The van der Waals surface area contributed by atoms with Crippen molar-refractivity contribution in [3.8, 4) is 0 Å². The molecule has 0 spiro atoms. The van der Waals surface area contributed by atoms with Gasteiger partial charge in [0.05, 0.1) is 5.75 Å². The van der Waals surface area contributed by atoms with Crippen molar-refractivity contribution in [1.82, 2.24) is 10.0 Å². The predicted molar refractivity (Wildman–Crippen MR) is 60.2 cm³/mol. The van der Waals surface area contributed by atoms with Gasteiger partial charge in [0.2, 0.25) is 10.0 Å². The summed E-state index contributed by atoms with van der Waals surface area (Å²) in [5, 5.41) is 3.31. The number of sulfonamides is 1. The van der Waals surface area contributed by atoms with Gasteiger partial charge in [0.1, 0.15) is 0 Å². The van der Waals surface area contributed by atoms with E-state index in [2.05, 4.69) is 10.0 Å². The van der Waals surface area contributed by atoms with Crippen LogP contribution in [0.25, 0.3) is 0 Å². The van der Waals surface area contributed by atoms with E-state index in [1.54, 1.807) is 0 Å². The first-order chi connectivity index (χ1) is 7.16. The molecule has 2 aliphatic rings. The Kier molecular flexibility index (Phi) is 3.64. The summed E-state index contributed by atoms with van der Waals surface area (Å²) in [7, 11) is -3.00. The van der Waals surface area contributed by atoms with E-state index in [4.69, 9.17) is 0 Å². The van der Waals surface area contributed by atoms with Gasteiger partial charge in [-0.05, 0) is 51.1 Å². The van der Waals surface area contributed by atoms with Gasteiger partial charge in [0.15, 0.2) is 0 Å². The molecular weight excluding hydrogens is 212 g/mol. The molecule has 0 amide bonds. The van der Waals surface area contributed by atoms with Crippen LogP contribution in [0.4, 0.5) is 0 Å². The molecule has 0 aromatic rings. The molecule has 0 aromatic carbocycles. The minimum absolute atomic E-state index is 0.250. The zero-order valence-corrected chi connectivity index (χ0v) is 9.85. The van der Waals surface area contributed by atoms with Gasteiger partial charge in [-0.3, -0.25) is 0 Å². The van der Waals surface area contributed by atoms with Crippen LogP contribution in [0.5, 0.6) is 0 Å². The lowest BCUT2D eigenvalue weighted by atomic mass is 9.97. The van der Waals surface area contributed by atoms with E-state index in [0.717, 1.165) is 32.4 Å². The average molecular weight is 232 g/mol. The van der Waals surface area contributed by atoms with Crippen LogP contribution in [0.2, 0.25) is 0 Å². The number of piperidine rings is 1. The molecular formula is C10H20N2O2S. The Morgan fingerprint density at radius 3 is 2.67 bits per heavy atom. The highest BCUT2D eigenvalue weighted by Crippen LogP contribution is 2.21. The van der Waals surface area contributed by atoms with Gasteiger partial charge in [-0.2, -0.15) is 0 Å². The second kappa shape index (κ2) is 4.80. The molecule has 4 nitrogen and oxygen atoms in total. The molecule has 1 saturated carbocycles. The zero-order valence-electron chi connectivity index (χ0n) is 9.04. The van der Waals surface area contributed by atoms with Crippen molar-refractivity contribution in [2.24, 2.45) is 5.92 Å². The molecule has 2 fully saturated rings. The highest BCUT2D eigenvalue weighted by Gasteiger charge is 2.27. The number of hydrogen-bond acceptors (Lipinski definition) is 3. The standard InChI is InChI=1S/C10H20N2O2S/c13-15(14,12-10-3-4-10)7-5-9-2-1-6-11-8-9/h9-12H,1-8H2. The maximum Gasteiger partial charge on any atom is 0.211 e. The first-order valence-corrected chi connectivity index (χ1v) is 7.52. The third kappa shape index (κ3) is 4.09. The fourth-order valence-electron chi connectivity index (χ4n) is 2.01. The maximum atomic E-state index is 11.6. The first-order valence-electron chi connectivity index (χ1n) is 5.86. The highest BCUT2D eigenvalue weighted by molar-refractivity contribution is 7.89. The molecule has 88 valence electrons. The Morgan fingerprint density at radius 2 is 2.07 bits per heavy atom. The normalized spacial score (nSPS) is 27.9. The van der Waals surface area contributed by atoms with Crippen LogP contribution in [0.15, 0.2) is 0 Å². The molecule has 1 atom stereocenters. The summed E-state index contributed by atoms with van der Waals surface area (Å²) in [4.78, 5) is 0. The molecule has 1 saturated heterocycles. The molecule has 15 heavy (non-hydrogen) atoms. The molecule has 2 N–H and O–H groups in total. The van der Waals surface area contributed by atoms with E-state index in [0.29, 0.717) is 11.7 Å². The van der Waals surface area contributed by atoms with Gasteiger partial charge in [-0.1, -0.05) is 0 Å². The van der Waals surface area contributed by atoms with Crippen molar-refractivity contribution >= 4 is 10.0 Å². The molecule has 1 unspecified atom stereocenters. The van der Waals surface area contributed by atoms with E-state index in [-0.39, 0.29) is 6.04 Å². The molecule has 0 aromatic heterocycles. The average Bonchev–Trinajstić information content (AvgIpc) is 3.00. The number of nitrogens with one attached hydrogen (secondary N) is 2. The summed E-state index contributed by atoms with van der Waals surface area (Å²) in [6, 6.07) is 0.250. The van der Waals surface area contributed by atoms with Crippen molar-refractivity contribution < 1.29 is 8.42 Å². The topological polar surface area (TPSA) is 58.2 Å². The summed E-state index contributed by atoms with van der Waals surface area (Å²) in [6.07, 6.45) is 5.19. The van der Waals surface area contributed by atoms with Crippen LogP contribution < -0.4 is 10.0 Å². The summed E-state index contributed by atoms with van der Waals surface area (Å²) in [5.41, 5.74) is 0. The van der Waals surface area contributed by atoms with Gasteiger partial charge >= 0.3 is 0 Å². The molecule has 5 heteroatoms. The third-order valence-electron chi connectivity index (χ3n) is 3.12. The van der Waals surface area contributed by atoms with Gasteiger partial charge in [-0.25, -0.2) is 13.1 Å². The first kappa shape index (κ1) is 11.4. The van der Waals surface area contributed by atoms with Gasteiger partial charge in [-0.15, -0.1) is 0 Å². The quantitative estimate of drug-likeness (QED) is 0.724. The lowest BCUT2D eigenvalue weighted by Gasteiger charge is -2.22. The van der Waals surface area contributed by atoms with Crippen molar-refractivity contribution in [1.29, 1.82) is 0 Å². The minimum atomic E-state index is -3.00. The molecule has 2 rings (SSSR count). The number of rotatable bonds is 5. The Labute approximate surface area is 91.9 Å². The lowest BCUT2D eigenvalue weighted by Crippen LogP contribution is -2.33. The minimum Gasteiger partial charge on any atom is -0.316 e. The Bertz CT molecular complexity index is 293. The summed E-state index contributed by atoms with van der Waals surface area (Å²) < 4.78 is 25.9. The Hall–Kier alpha value is -0.130. The van der Waals surface area contributed by atoms with Crippen molar-refractivity contribution in [3.63, 3.8) is 0 Å². The maximum absolute atomic E-state index is 11.6. The highest BCUT2D eigenvalue weighted by atomic mass is 32.2. The smallest absolute Gasteiger partial charge is 0.211 e. The Balaban J connectivity index is 1.70. The van der Waals surface area contributed by atoms with Gasteiger partial charge in [0, 0.05) is 6.04 Å². The van der Waals surface area contributed by atoms with Gasteiger partial charge in [0.25, 0.3) is 0 Å². The second-order valence-electron chi connectivity index (χ2n) is 4.71. The number of hydrogen-bond donors (Lipinski definition) is 2. The van der Waals surface area contributed by atoms with Gasteiger partial charge < -0.3 is 5.32 Å². The second-order valence-corrected chi connectivity index (χ2v) is 6.59. The summed E-state index contributed by atoms with van der Waals surface area (Å²) in [5.74, 6) is 0.852. The van der Waals surface area contributed by atoms with Crippen LogP contribution in [0.1, 0.15) is 32.1 Å². The third-order valence-corrected chi connectivity index (χ3v) is 4.58. The lowest BCUT2D eigenvalue weighted by molar-refractivity contribution is 0.368. The Morgan fingerprint density at radius 1 is 1.27 bits per heavy atom. The van der Waals surface area contributed by atoms with Crippen LogP contribution in [-0.4, -0.2) is 33.3 Å². The molecule has 0 radical (unpaired) electrons.